The number of hydrogen-bond acceptors (Lipinski definition) is 4. The molecule has 36 heavy (non-hydrogen) atoms. The number of imide groups is 2. The van der Waals surface area contributed by atoms with Gasteiger partial charge in [0, 0.05) is 24.3 Å². The second kappa shape index (κ2) is 8.35. The van der Waals surface area contributed by atoms with Crippen molar-refractivity contribution in [3.8, 4) is 11.1 Å². The molecule has 0 spiro atoms. The second-order valence-corrected chi connectivity index (χ2v) is 8.65. The fourth-order valence-corrected chi connectivity index (χ4v) is 4.55. The summed E-state index contributed by atoms with van der Waals surface area (Å²) in [6, 6.07) is 21.3. The summed E-state index contributed by atoms with van der Waals surface area (Å²) in [6.07, 6.45) is 7.27. The lowest BCUT2D eigenvalue weighted by atomic mass is 10.1. The van der Waals surface area contributed by atoms with E-state index in [1.165, 1.54) is 9.80 Å². The van der Waals surface area contributed by atoms with Crippen LogP contribution in [0.15, 0.2) is 97.6 Å². The number of rotatable bonds is 5. The van der Waals surface area contributed by atoms with E-state index in [1.807, 2.05) is 49.1 Å². The zero-order chi connectivity index (χ0) is 24.8. The molecule has 4 amide bonds. The molecule has 0 aliphatic carbocycles. The number of benzene rings is 2. The van der Waals surface area contributed by atoms with Crippen LogP contribution >= 0.6 is 0 Å². The van der Waals surface area contributed by atoms with Gasteiger partial charge in [-0.1, -0.05) is 24.3 Å². The normalized spacial score (nSPS) is 14.4. The van der Waals surface area contributed by atoms with Gasteiger partial charge in [0.2, 0.25) is 13.3 Å². The minimum Gasteiger partial charge on any atom is -0.268 e. The molecule has 2 aliphatic rings. The number of fused-ring (bicyclic) bond motifs is 2. The summed E-state index contributed by atoms with van der Waals surface area (Å²) in [5.41, 5.74) is 3.61. The lowest BCUT2D eigenvalue weighted by Gasteiger charge is -2.10. The standard InChI is InChI=1S/C28H20N4O4/c33-25-21-5-1-2-6-22(21)26(34)31(25)17-29-13-9-19(10-14-29)20-11-15-30(16-12-20)18-32-27(35)23-7-3-4-8-24(23)28(32)36/h1-16H,17-18H2/q+2. The Balaban J connectivity index is 1.14. The van der Waals surface area contributed by atoms with E-state index in [4.69, 9.17) is 0 Å². The van der Waals surface area contributed by atoms with Crippen LogP contribution in [0.25, 0.3) is 11.1 Å². The Bertz CT molecular complexity index is 1370. The summed E-state index contributed by atoms with van der Waals surface area (Å²) < 4.78 is 3.55. The Kier molecular flexibility index (Phi) is 5.00. The van der Waals surface area contributed by atoms with Gasteiger partial charge in [0.05, 0.1) is 22.3 Å². The van der Waals surface area contributed by atoms with Crippen molar-refractivity contribution in [3.63, 3.8) is 0 Å². The van der Waals surface area contributed by atoms with Gasteiger partial charge in [-0.15, -0.1) is 0 Å². The van der Waals surface area contributed by atoms with Crippen molar-refractivity contribution in [1.29, 1.82) is 0 Å². The molecule has 0 fully saturated rings. The molecular weight excluding hydrogens is 456 g/mol. The van der Waals surface area contributed by atoms with Crippen molar-refractivity contribution in [3.05, 3.63) is 120 Å². The zero-order valence-electron chi connectivity index (χ0n) is 19.1. The SMILES string of the molecule is O=C1c2ccccc2C(=O)N1C[n+]1ccc(-c2cc[n+](CN3C(=O)c4ccccc4C3=O)cc2)cc1. The minimum absolute atomic E-state index is 0.127. The van der Waals surface area contributed by atoms with Crippen LogP contribution in [0.2, 0.25) is 0 Å². The highest BCUT2D eigenvalue weighted by atomic mass is 16.2. The van der Waals surface area contributed by atoms with Crippen LogP contribution in [0.5, 0.6) is 0 Å². The third-order valence-corrected chi connectivity index (χ3v) is 6.48. The highest BCUT2D eigenvalue weighted by Crippen LogP contribution is 2.23. The predicted molar refractivity (Wildman–Crippen MR) is 126 cm³/mol. The molecule has 2 aliphatic heterocycles. The average Bonchev–Trinajstić information content (AvgIpc) is 3.30. The highest BCUT2D eigenvalue weighted by molar-refractivity contribution is 6.21. The first-order chi connectivity index (χ1) is 17.5. The van der Waals surface area contributed by atoms with E-state index >= 15 is 0 Å². The third kappa shape index (κ3) is 3.47. The van der Waals surface area contributed by atoms with Gasteiger partial charge < -0.3 is 0 Å². The fourth-order valence-electron chi connectivity index (χ4n) is 4.55. The maximum absolute atomic E-state index is 12.6. The Morgan fingerprint density at radius 2 is 0.722 bits per heavy atom. The molecule has 6 rings (SSSR count). The minimum atomic E-state index is -0.294. The Morgan fingerprint density at radius 3 is 1.00 bits per heavy atom. The van der Waals surface area contributed by atoms with Gasteiger partial charge in [-0.3, -0.25) is 19.2 Å². The van der Waals surface area contributed by atoms with Crippen LogP contribution in [0.1, 0.15) is 41.4 Å². The first-order valence-electron chi connectivity index (χ1n) is 11.4. The molecule has 2 aromatic carbocycles. The monoisotopic (exact) mass is 476 g/mol. The first-order valence-corrected chi connectivity index (χ1v) is 11.4. The van der Waals surface area contributed by atoms with Gasteiger partial charge in [-0.05, 0) is 35.4 Å². The molecule has 0 bridgehead atoms. The highest BCUT2D eigenvalue weighted by Gasteiger charge is 2.38. The van der Waals surface area contributed by atoms with Crippen LogP contribution in [-0.4, -0.2) is 33.4 Å². The maximum atomic E-state index is 12.6. The van der Waals surface area contributed by atoms with Gasteiger partial charge >= 0.3 is 0 Å². The number of aromatic nitrogens is 2. The van der Waals surface area contributed by atoms with E-state index in [0.29, 0.717) is 22.3 Å². The summed E-state index contributed by atoms with van der Waals surface area (Å²) in [6.45, 7) is 0.253. The van der Waals surface area contributed by atoms with Crippen molar-refractivity contribution in [2.45, 2.75) is 13.3 Å². The van der Waals surface area contributed by atoms with Crippen LogP contribution in [0.3, 0.4) is 0 Å². The Hall–Kier alpha value is -4.98. The van der Waals surface area contributed by atoms with E-state index < -0.39 is 0 Å². The van der Waals surface area contributed by atoms with Crippen molar-refractivity contribution in [2.75, 3.05) is 0 Å². The first kappa shape index (κ1) is 21.5. The topological polar surface area (TPSA) is 82.5 Å². The van der Waals surface area contributed by atoms with Gasteiger partial charge in [0.15, 0.2) is 24.8 Å². The number of nitrogens with zero attached hydrogens (tertiary/aromatic N) is 4. The summed E-state index contributed by atoms with van der Waals surface area (Å²) in [5, 5.41) is 0. The van der Waals surface area contributed by atoms with Crippen molar-refractivity contribution in [2.24, 2.45) is 0 Å². The molecule has 4 heterocycles. The smallest absolute Gasteiger partial charge is 0.266 e. The number of pyridine rings is 2. The van der Waals surface area contributed by atoms with E-state index in [1.54, 1.807) is 57.7 Å². The third-order valence-electron chi connectivity index (χ3n) is 6.48. The molecule has 0 unspecified atom stereocenters. The molecule has 174 valence electrons. The number of carbonyl (C=O) groups excluding carboxylic acids is 4. The fraction of sp³-hybridized carbons (Fsp3) is 0.0714. The van der Waals surface area contributed by atoms with E-state index in [2.05, 4.69) is 0 Å². The molecule has 0 radical (unpaired) electrons. The van der Waals surface area contributed by atoms with E-state index in [0.717, 1.165) is 11.1 Å². The molecule has 4 aromatic rings. The van der Waals surface area contributed by atoms with Crippen molar-refractivity contribution < 1.29 is 28.3 Å². The van der Waals surface area contributed by atoms with Crippen LogP contribution in [0.4, 0.5) is 0 Å². The number of carbonyl (C=O) groups is 4. The summed E-state index contributed by atoms with van der Waals surface area (Å²) in [4.78, 5) is 52.9. The van der Waals surface area contributed by atoms with Gasteiger partial charge in [-0.2, -0.15) is 9.13 Å². The molecule has 2 aromatic heterocycles. The lowest BCUT2D eigenvalue weighted by molar-refractivity contribution is -0.709. The zero-order valence-corrected chi connectivity index (χ0v) is 19.1. The number of amides is 4. The molecule has 0 atom stereocenters. The number of hydrogen-bond donors (Lipinski definition) is 0. The Labute approximate surface area is 206 Å². The molecule has 0 saturated heterocycles. The molecule has 8 nitrogen and oxygen atoms in total. The quantitative estimate of drug-likeness (QED) is 0.327. The molecule has 8 heteroatoms. The summed E-state index contributed by atoms with van der Waals surface area (Å²) >= 11 is 0. The van der Waals surface area contributed by atoms with E-state index in [9.17, 15) is 19.2 Å². The van der Waals surface area contributed by atoms with Crippen LogP contribution in [0, 0.1) is 0 Å². The van der Waals surface area contributed by atoms with E-state index in [-0.39, 0.29) is 37.0 Å². The maximum Gasteiger partial charge on any atom is 0.266 e. The lowest BCUT2D eigenvalue weighted by Crippen LogP contribution is -2.46. The summed E-state index contributed by atoms with van der Waals surface area (Å²) in [7, 11) is 0. The van der Waals surface area contributed by atoms with Crippen molar-refractivity contribution >= 4 is 23.6 Å². The van der Waals surface area contributed by atoms with Gasteiger partial charge in [0.25, 0.3) is 23.6 Å². The Morgan fingerprint density at radius 1 is 0.444 bits per heavy atom. The average molecular weight is 476 g/mol. The molecular formula is C28H20N4O4+2. The second-order valence-electron chi connectivity index (χ2n) is 8.65. The van der Waals surface area contributed by atoms with Gasteiger partial charge in [-0.25, -0.2) is 9.80 Å². The van der Waals surface area contributed by atoms with Crippen LogP contribution < -0.4 is 9.13 Å². The molecule has 0 saturated carbocycles. The molecule has 0 N–H and O–H groups in total. The van der Waals surface area contributed by atoms with Gasteiger partial charge in [0.1, 0.15) is 0 Å². The predicted octanol–water partition coefficient (Wildman–Crippen LogP) is 2.44. The van der Waals surface area contributed by atoms with Crippen molar-refractivity contribution in [1.82, 2.24) is 9.80 Å². The largest absolute Gasteiger partial charge is 0.268 e. The summed E-state index contributed by atoms with van der Waals surface area (Å²) in [5.74, 6) is -1.17. The van der Waals surface area contributed by atoms with Crippen LogP contribution in [-0.2, 0) is 13.3 Å².